The van der Waals surface area contributed by atoms with Crippen molar-refractivity contribution >= 4 is 0 Å². The van der Waals surface area contributed by atoms with Crippen LogP contribution in [-0.4, -0.2) is 29.2 Å². The highest BCUT2D eigenvalue weighted by Crippen LogP contribution is 2.48. The monoisotopic (exact) mass is 221 g/mol. The van der Waals surface area contributed by atoms with Gasteiger partial charge in [-0.15, -0.1) is 0 Å². The van der Waals surface area contributed by atoms with Gasteiger partial charge < -0.3 is 5.11 Å². The Morgan fingerprint density at radius 1 is 1.25 bits per heavy atom. The van der Waals surface area contributed by atoms with E-state index >= 15 is 0 Å². The highest BCUT2D eigenvalue weighted by molar-refractivity contribution is 5.17. The Morgan fingerprint density at radius 2 is 1.88 bits per heavy atom. The lowest BCUT2D eigenvalue weighted by molar-refractivity contribution is -0.131. The number of aliphatic hydroxyl groups is 1. The fourth-order valence-electron chi connectivity index (χ4n) is 3.06. The lowest BCUT2D eigenvalue weighted by atomic mass is 9.62. The summed E-state index contributed by atoms with van der Waals surface area (Å²) >= 11 is 0. The van der Waals surface area contributed by atoms with E-state index in [1.165, 1.54) is 12.1 Å². The van der Waals surface area contributed by atoms with Gasteiger partial charge in [-0.2, -0.15) is 0 Å². The van der Waals surface area contributed by atoms with Gasteiger partial charge in [0.25, 0.3) is 0 Å². The molecule has 1 spiro atoms. The molecule has 2 nitrogen and oxygen atoms in total. The number of rotatable bonds is 2. The van der Waals surface area contributed by atoms with Gasteiger partial charge >= 0.3 is 0 Å². The summed E-state index contributed by atoms with van der Waals surface area (Å²) in [7, 11) is 0. The minimum Gasteiger partial charge on any atom is -0.393 e. The van der Waals surface area contributed by atoms with Crippen LogP contribution >= 0.6 is 0 Å². The van der Waals surface area contributed by atoms with Gasteiger partial charge in [0, 0.05) is 25.0 Å². The maximum atomic E-state index is 12.7. The zero-order valence-electron chi connectivity index (χ0n) is 9.19. The molecule has 1 saturated heterocycles. The predicted molar refractivity (Wildman–Crippen MR) is 59.4 cm³/mol. The second-order valence-electron chi connectivity index (χ2n) is 5.33. The molecule has 16 heavy (non-hydrogen) atoms. The smallest absolute Gasteiger partial charge is 0.123 e. The van der Waals surface area contributed by atoms with Crippen molar-refractivity contribution in [2.75, 3.05) is 13.1 Å². The molecule has 1 aromatic rings. The molecule has 0 atom stereocenters. The van der Waals surface area contributed by atoms with Crippen LogP contribution in [0.2, 0.25) is 0 Å². The maximum Gasteiger partial charge on any atom is 0.123 e. The molecule has 1 heterocycles. The van der Waals surface area contributed by atoms with Crippen molar-refractivity contribution in [2.45, 2.75) is 25.5 Å². The summed E-state index contributed by atoms with van der Waals surface area (Å²) in [6.45, 7) is 3.07. The minimum absolute atomic E-state index is 0.0621. The van der Waals surface area contributed by atoms with E-state index in [1.54, 1.807) is 0 Å². The summed E-state index contributed by atoms with van der Waals surface area (Å²) in [5, 5.41) is 9.29. The van der Waals surface area contributed by atoms with Gasteiger partial charge in [-0.3, -0.25) is 4.90 Å². The third-order valence-electron chi connectivity index (χ3n) is 3.77. The van der Waals surface area contributed by atoms with Gasteiger partial charge in [0.2, 0.25) is 0 Å². The lowest BCUT2D eigenvalue weighted by Gasteiger charge is -2.58. The Morgan fingerprint density at radius 3 is 2.44 bits per heavy atom. The summed E-state index contributed by atoms with van der Waals surface area (Å²) in [5.74, 6) is -0.175. The number of aliphatic hydroxyl groups excluding tert-OH is 1. The van der Waals surface area contributed by atoms with Gasteiger partial charge in [-0.1, -0.05) is 12.1 Å². The SMILES string of the molecule is OC1CC2(C1)CN(Cc1ccc(F)cc1)C2. The minimum atomic E-state index is -0.175. The summed E-state index contributed by atoms with van der Waals surface area (Å²) in [6.07, 6.45) is 1.87. The first kappa shape index (κ1) is 10.2. The van der Waals surface area contributed by atoms with E-state index in [0.717, 1.165) is 38.0 Å². The van der Waals surface area contributed by atoms with Crippen LogP contribution in [-0.2, 0) is 6.54 Å². The van der Waals surface area contributed by atoms with E-state index in [-0.39, 0.29) is 11.9 Å². The summed E-state index contributed by atoms with van der Waals surface area (Å²) in [6, 6.07) is 6.71. The van der Waals surface area contributed by atoms with Crippen LogP contribution < -0.4 is 0 Å². The average molecular weight is 221 g/mol. The maximum absolute atomic E-state index is 12.7. The van der Waals surface area contributed by atoms with E-state index in [0.29, 0.717) is 5.41 Å². The van der Waals surface area contributed by atoms with Crippen molar-refractivity contribution in [2.24, 2.45) is 5.41 Å². The van der Waals surface area contributed by atoms with Gasteiger partial charge in [0.05, 0.1) is 6.10 Å². The molecule has 1 aromatic carbocycles. The van der Waals surface area contributed by atoms with Crippen LogP contribution in [0, 0.1) is 11.2 Å². The third kappa shape index (κ3) is 1.74. The molecule has 3 heteroatoms. The van der Waals surface area contributed by atoms with Crippen LogP contribution in [0.3, 0.4) is 0 Å². The zero-order chi connectivity index (χ0) is 11.2. The molecular weight excluding hydrogens is 205 g/mol. The quantitative estimate of drug-likeness (QED) is 0.823. The molecule has 0 amide bonds. The fraction of sp³-hybridized carbons (Fsp3) is 0.538. The molecule has 86 valence electrons. The van der Waals surface area contributed by atoms with E-state index in [2.05, 4.69) is 4.90 Å². The van der Waals surface area contributed by atoms with Crippen LogP contribution in [0.4, 0.5) is 4.39 Å². The predicted octanol–water partition coefficient (Wildman–Crippen LogP) is 1.78. The molecule has 1 N–H and O–H groups in total. The van der Waals surface area contributed by atoms with E-state index in [1.807, 2.05) is 12.1 Å². The van der Waals surface area contributed by atoms with Gasteiger partial charge in [0.1, 0.15) is 5.82 Å². The Hall–Kier alpha value is -0.930. The Labute approximate surface area is 94.7 Å². The average Bonchev–Trinajstić information content (AvgIpc) is 2.16. The van der Waals surface area contributed by atoms with Crippen molar-refractivity contribution in [3.05, 3.63) is 35.6 Å². The molecule has 2 aliphatic rings. The highest BCUT2D eigenvalue weighted by Gasteiger charge is 2.51. The molecule has 1 aliphatic carbocycles. The molecular formula is C13H16FNO. The summed E-state index contributed by atoms with van der Waals surface area (Å²) in [5.41, 5.74) is 1.58. The number of halogens is 1. The first-order valence-corrected chi connectivity index (χ1v) is 5.80. The molecule has 0 aromatic heterocycles. The largest absolute Gasteiger partial charge is 0.393 e. The van der Waals surface area contributed by atoms with Crippen LogP contribution in [0.1, 0.15) is 18.4 Å². The number of hydrogen-bond donors (Lipinski definition) is 1. The summed E-state index contributed by atoms with van der Waals surface area (Å²) in [4.78, 5) is 2.36. The third-order valence-corrected chi connectivity index (χ3v) is 3.77. The lowest BCUT2D eigenvalue weighted by Crippen LogP contribution is -2.63. The molecule has 0 bridgehead atoms. The van der Waals surface area contributed by atoms with Gasteiger partial charge in [0.15, 0.2) is 0 Å². The Balaban J connectivity index is 1.53. The number of hydrogen-bond acceptors (Lipinski definition) is 2. The van der Waals surface area contributed by atoms with E-state index in [9.17, 15) is 9.50 Å². The van der Waals surface area contributed by atoms with Crippen molar-refractivity contribution in [3.63, 3.8) is 0 Å². The summed E-state index contributed by atoms with van der Waals surface area (Å²) < 4.78 is 12.7. The molecule has 0 unspecified atom stereocenters. The molecule has 0 radical (unpaired) electrons. The normalized spacial score (nSPS) is 24.1. The molecule has 2 fully saturated rings. The van der Waals surface area contributed by atoms with Crippen LogP contribution in [0.5, 0.6) is 0 Å². The van der Waals surface area contributed by atoms with Gasteiger partial charge in [-0.05, 0) is 30.5 Å². The second kappa shape index (κ2) is 3.54. The van der Waals surface area contributed by atoms with Crippen molar-refractivity contribution < 1.29 is 9.50 Å². The standard InChI is InChI=1S/C13H16FNO/c14-11-3-1-10(2-4-11)7-15-8-13(9-15)5-12(16)6-13/h1-4,12,16H,5-9H2. The first-order valence-electron chi connectivity index (χ1n) is 5.80. The number of likely N-dealkylation sites (tertiary alicyclic amines) is 1. The van der Waals surface area contributed by atoms with Gasteiger partial charge in [-0.25, -0.2) is 4.39 Å². The second-order valence-corrected chi connectivity index (χ2v) is 5.33. The van der Waals surface area contributed by atoms with Crippen molar-refractivity contribution in [1.29, 1.82) is 0 Å². The fourth-order valence-corrected chi connectivity index (χ4v) is 3.06. The Bertz CT molecular complexity index is 375. The van der Waals surface area contributed by atoms with Crippen molar-refractivity contribution in [1.82, 2.24) is 4.90 Å². The van der Waals surface area contributed by atoms with Crippen LogP contribution in [0.15, 0.2) is 24.3 Å². The number of benzene rings is 1. The van der Waals surface area contributed by atoms with E-state index < -0.39 is 0 Å². The molecule has 1 saturated carbocycles. The molecule has 1 aliphatic heterocycles. The molecule has 3 rings (SSSR count). The number of nitrogens with zero attached hydrogens (tertiary/aromatic N) is 1. The zero-order valence-corrected chi connectivity index (χ0v) is 9.19. The van der Waals surface area contributed by atoms with Crippen molar-refractivity contribution in [3.8, 4) is 0 Å². The highest BCUT2D eigenvalue weighted by atomic mass is 19.1. The Kier molecular flexibility index (Phi) is 2.26. The first-order chi connectivity index (χ1) is 7.65. The van der Waals surface area contributed by atoms with E-state index in [4.69, 9.17) is 0 Å². The van der Waals surface area contributed by atoms with Crippen LogP contribution in [0.25, 0.3) is 0 Å². The topological polar surface area (TPSA) is 23.5 Å².